The molecule has 0 unspecified atom stereocenters. The maximum atomic E-state index is 11.7. The lowest BCUT2D eigenvalue weighted by molar-refractivity contribution is -0.115. The normalized spacial score (nSPS) is 16.4. The number of nitrogens with one attached hydrogen (secondary N) is 2. The van der Waals surface area contributed by atoms with Gasteiger partial charge < -0.3 is 10.6 Å². The number of carbonyl (C=O) groups is 1. The van der Waals surface area contributed by atoms with Crippen molar-refractivity contribution in [1.82, 2.24) is 5.32 Å². The fourth-order valence-corrected chi connectivity index (χ4v) is 2.16. The molecule has 1 saturated carbocycles. The van der Waals surface area contributed by atoms with Crippen molar-refractivity contribution in [2.75, 3.05) is 18.4 Å². The van der Waals surface area contributed by atoms with E-state index in [2.05, 4.69) is 17.6 Å². The highest BCUT2D eigenvalue weighted by molar-refractivity contribution is 6.39. The Kier molecular flexibility index (Phi) is 4.15. The van der Waals surface area contributed by atoms with E-state index in [9.17, 15) is 4.79 Å². The zero-order valence-corrected chi connectivity index (χ0v) is 11.7. The third-order valence-electron chi connectivity index (χ3n) is 3.17. The lowest BCUT2D eigenvalue weighted by atomic mass is 10.1. The molecule has 1 fully saturated rings. The minimum atomic E-state index is -0.130. The van der Waals surface area contributed by atoms with E-state index in [0.717, 1.165) is 6.54 Å². The van der Waals surface area contributed by atoms with Gasteiger partial charge in [-0.1, -0.05) is 36.2 Å². The molecule has 0 atom stereocenters. The van der Waals surface area contributed by atoms with Crippen LogP contribution in [0.3, 0.4) is 0 Å². The summed E-state index contributed by atoms with van der Waals surface area (Å²) in [5.41, 5.74) is 0.868. The average molecular weight is 287 g/mol. The summed E-state index contributed by atoms with van der Waals surface area (Å²) in [6.07, 6.45) is 2.47. The first kappa shape index (κ1) is 13.7. The second-order valence-corrected chi connectivity index (χ2v) is 5.87. The molecule has 18 heavy (non-hydrogen) atoms. The lowest BCUT2D eigenvalue weighted by Gasteiger charge is -2.11. The minimum Gasteiger partial charge on any atom is -0.322 e. The molecule has 0 bridgehead atoms. The third kappa shape index (κ3) is 3.61. The van der Waals surface area contributed by atoms with Crippen LogP contribution >= 0.6 is 23.2 Å². The molecule has 1 amide bonds. The molecule has 0 aromatic heterocycles. The average Bonchev–Trinajstić information content (AvgIpc) is 3.02. The first-order chi connectivity index (χ1) is 8.50. The molecule has 1 aromatic rings. The quantitative estimate of drug-likeness (QED) is 0.872. The maximum absolute atomic E-state index is 11.7. The fourth-order valence-electron chi connectivity index (χ4n) is 1.67. The summed E-state index contributed by atoms with van der Waals surface area (Å²) < 4.78 is 0. The molecule has 1 aromatic carbocycles. The molecule has 0 heterocycles. The van der Waals surface area contributed by atoms with Crippen LogP contribution in [-0.2, 0) is 4.79 Å². The molecule has 0 radical (unpaired) electrons. The monoisotopic (exact) mass is 286 g/mol. The van der Waals surface area contributed by atoms with E-state index in [1.807, 2.05) is 0 Å². The number of anilines is 1. The number of halogens is 2. The standard InChI is InChI=1S/C13H16Cl2N2O/c1-13(5-6-13)8-16-7-11(18)17-12-9(14)3-2-4-10(12)15/h2-4,16H,5-8H2,1H3,(H,17,18). The molecular weight excluding hydrogens is 271 g/mol. The number of rotatable bonds is 5. The highest BCUT2D eigenvalue weighted by Crippen LogP contribution is 2.43. The summed E-state index contributed by atoms with van der Waals surface area (Å²) >= 11 is 11.9. The summed E-state index contributed by atoms with van der Waals surface area (Å²) in [5, 5.41) is 6.77. The van der Waals surface area contributed by atoms with Crippen molar-refractivity contribution in [2.24, 2.45) is 5.41 Å². The van der Waals surface area contributed by atoms with Gasteiger partial charge in [-0.05, 0) is 30.4 Å². The number of carbonyl (C=O) groups excluding carboxylic acids is 1. The van der Waals surface area contributed by atoms with Crippen molar-refractivity contribution in [2.45, 2.75) is 19.8 Å². The van der Waals surface area contributed by atoms with Crippen LogP contribution in [0, 0.1) is 5.41 Å². The predicted molar refractivity (Wildman–Crippen MR) is 75.3 cm³/mol. The number of hydrogen-bond acceptors (Lipinski definition) is 2. The van der Waals surface area contributed by atoms with Crippen LogP contribution in [0.15, 0.2) is 18.2 Å². The molecule has 0 saturated heterocycles. The van der Waals surface area contributed by atoms with Gasteiger partial charge in [-0.15, -0.1) is 0 Å². The second-order valence-electron chi connectivity index (χ2n) is 5.06. The van der Waals surface area contributed by atoms with Gasteiger partial charge in [0.15, 0.2) is 0 Å². The van der Waals surface area contributed by atoms with Crippen LogP contribution in [-0.4, -0.2) is 19.0 Å². The largest absolute Gasteiger partial charge is 0.322 e. The van der Waals surface area contributed by atoms with Crippen molar-refractivity contribution >= 4 is 34.8 Å². The third-order valence-corrected chi connectivity index (χ3v) is 3.80. The van der Waals surface area contributed by atoms with E-state index in [1.165, 1.54) is 12.8 Å². The SMILES string of the molecule is CC1(CNCC(=O)Nc2c(Cl)cccc2Cl)CC1. The van der Waals surface area contributed by atoms with E-state index in [1.54, 1.807) is 18.2 Å². The van der Waals surface area contributed by atoms with Crippen LogP contribution in [0.4, 0.5) is 5.69 Å². The van der Waals surface area contributed by atoms with E-state index in [0.29, 0.717) is 21.1 Å². The Morgan fingerprint density at radius 3 is 2.50 bits per heavy atom. The van der Waals surface area contributed by atoms with Crippen LogP contribution in [0.1, 0.15) is 19.8 Å². The molecule has 2 rings (SSSR count). The molecule has 1 aliphatic carbocycles. The minimum absolute atomic E-state index is 0.130. The summed E-state index contributed by atoms with van der Waals surface area (Å²) in [6.45, 7) is 3.36. The molecule has 3 nitrogen and oxygen atoms in total. The number of benzene rings is 1. The Balaban J connectivity index is 1.83. The molecule has 0 aliphatic heterocycles. The van der Waals surface area contributed by atoms with Crippen molar-refractivity contribution in [1.29, 1.82) is 0 Å². The van der Waals surface area contributed by atoms with Gasteiger partial charge in [0.2, 0.25) is 5.91 Å². The van der Waals surface area contributed by atoms with Crippen molar-refractivity contribution < 1.29 is 4.79 Å². The van der Waals surface area contributed by atoms with Crippen LogP contribution < -0.4 is 10.6 Å². The Labute approximate surface area is 117 Å². The lowest BCUT2D eigenvalue weighted by Crippen LogP contribution is -2.31. The highest BCUT2D eigenvalue weighted by atomic mass is 35.5. The van der Waals surface area contributed by atoms with Crippen molar-refractivity contribution in [3.05, 3.63) is 28.2 Å². The number of amides is 1. The maximum Gasteiger partial charge on any atom is 0.238 e. The van der Waals surface area contributed by atoms with Gasteiger partial charge in [0.25, 0.3) is 0 Å². The Morgan fingerprint density at radius 2 is 1.94 bits per heavy atom. The van der Waals surface area contributed by atoms with Crippen molar-refractivity contribution in [3.63, 3.8) is 0 Å². The van der Waals surface area contributed by atoms with Gasteiger partial charge in [-0.25, -0.2) is 0 Å². The summed E-state index contributed by atoms with van der Waals surface area (Å²) in [5.74, 6) is -0.130. The topological polar surface area (TPSA) is 41.1 Å². The molecule has 0 spiro atoms. The number of para-hydroxylation sites is 1. The van der Waals surface area contributed by atoms with E-state index in [-0.39, 0.29) is 12.5 Å². The van der Waals surface area contributed by atoms with Gasteiger partial charge in [0, 0.05) is 6.54 Å². The zero-order chi connectivity index (χ0) is 13.2. The van der Waals surface area contributed by atoms with Gasteiger partial charge >= 0.3 is 0 Å². The smallest absolute Gasteiger partial charge is 0.238 e. The van der Waals surface area contributed by atoms with E-state index < -0.39 is 0 Å². The Hall–Kier alpha value is -0.770. The van der Waals surface area contributed by atoms with E-state index in [4.69, 9.17) is 23.2 Å². The fraction of sp³-hybridized carbons (Fsp3) is 0.462. The molecule has 5 heteroatoms. The molecule has 2 N–H and O–H groups in total. The zero-order valence-electron chi connectivity index (χ0n) is 10.2. The summed E-state index contributed by atoms with van der Waals surface area (Å²) in [4.78, 5) is 11.7. The van der Waals surface area contributed by atoms with Crippen LogP contribution in [0.2, 0.25) is 10.0 Å². The van der Waals surface area contributed by atoms with E-state index >= 15 is 0 Å². The molecular formula is C13H16Cl2N2O. The first-order valence-electron chi connectivity index (χ1n) is 5.95. The predicted octanol–water partition coefficient (Wildman–Crippen LogP) is 3.32. The second kappa shape index (κ2) is 5.47. The Bertz CT molecular complexity index is 438. The molecule has 98 valence electrons. The highest BCUT2D eigenvalue weighted by Gasteiger charge is 2.36. The van der Waals surface area contributed by atoms with Gasteiger partial charge in [0.05, 0.1) is 22.3 Å². The number of hydrogen-bond donors (Lipinski definition) is 2. The van der Waals surface area contributed by atoms with Gasteiger partial charge in [0.1, 0.15) is 0 Å². The van der Waals surface area contributed by atoms with Gasteiger partial charge in [-0.2, -0.15) is 0 Å². The van der Waals surface area contributed by atoms with Crippen LogP contribution in [0.25, 0.3) is 0 Å². The van der Waals surface area contributed by atoms with Crippen LogP contribution in [0.5, 0.6) is 0 Å². The first-order valence-corrected chi connectivity index (χ1v) is 6.70. The Morgan fingerprint density at radius 1 is 1.33 bits per heavy atom. The van der Waals surface area contributed by atoms with Crippen molar-refractivity contribution in [3.8, 4) is 0 Å². The molecule has 1 aliphatic rings. The summed E-state index contributed by atoms with van der Waals surface area (Å²) in [6, 6.07) is 5.13. The van der Waals surface area contributed by atoms with Gasteiger partial charge in [-0.3, -0.25) is 4.79 Å². The summed E-state index contributed by atoms with van der Waals surface area (Å²) in [7, 11) is 0.